The molecule has 1 aliphatic rings. The number of benzene rings is 2. The molecule has 6 heteroatoms. The molecular formula is C32H44N2O3S. The van der Waals surface area contributed by atoms with Gasteiger partial charge in [0.2, 0.25) is 0 Å². The lowest BCUT2D eigenvalue weighted by Gasteiger charge is -2.15. The highest BCUT2D eigenvalue weighted by atomic mass is 32.2. The molecule has 38 heavy (non-hydrogen) atoms. The van der Waals surface area contributed by atoms with E-state index in [9.17, 15) is 9.59 Å². The van der Waals surface area contributed by atoms with Gasteiger partial charge in [0, 0.05) is 24.0 Å². The van der Waals surface area contributed by atoms with Crippen molar-refractivity contribution in [3.63, 3.8) is 0 Å². The Morgan fingerprint density at radius 2 is 1.66 bits per heavy atom. The Morgan fingerprint density at radius 3 is 2.32 bits per heavy atom. The van der Waals surface area contributed by atoms with Gasteiger partial charge in [0.25, 0.3) is 5.91 Å². The molecule has 0 saturated carbocycles. The van der Waals surface area contributed by atoms with Crippen molar-refractivity contribution in [3.05, 3.63) is 70.3 Å². The summed E-state index contributed by atoms with van der Waals surface area (Å²) in [6, 6.07) is 13.0. The molecule has 0 unspecified atom stereocenters. The first-order valence-corrected chi connectivity index (χ1v) is 15.2. The second-order valence-electron chi connectivity index (χ2n) is 10.2. The Labute approximate surface area is 233 Å². The summed E-state index contributed by atoms with van der Waals surface area (Å²) in [7, 11) is 0. The molecule has 1 heterocycles. The Bertz CT molecular complexity index is 1080. The normalized spacial score (nSPS) is 12.9. The Morgan fingerprint density at radius 1 is 0.947 bits per heavy atom. The van der Waals surface area contributed by atoms with Gasteiger partial charge in [-0.1, -0.05) is 76.8 Å². The molecular weight excluding hydrogens is 492 g/mol. The standard InChI is InChI=1S/C32H44N2O3S/c1-4-5-6-7-8-9-10-11-12-13-19-37-31-18-17-29(21-30(31)26(3)35)33-32(36)28-16-14-15-27(20-28)23-34-22-25(2)38-24-34/h14-18,20-22H,4-13,19,23-24H2,1-3H3,(H,33,36). The number of hydrogen-bond donors (Lipinski definition) is 1. The van der Waals surface area contributed by atoms with Crippen LogP contribution in [0.3, 0.4) is 0 Å². The van der Waals surface area contributed by atoms with E-state index in [-0.39, 0.29) is 11.7 Å². The minimum atomic E-state index is -0.192. The summed E-state index contributed by atoms with van der Waals surface area (Å²) in [4.78, 5) is 28.8. The van der Waals surface area contributed by atoms with Crippen LogP contribution in [-0.4, -0.2) is 29.1 Å². The summed E-state index contributed by atoms with van der Waals surface area (Å²) < 4.78 is 5.96. The number of anilines is 1. The highest BCUT2D eigenvalue weighted by molar-refractivity contribution is 8.03. The highest BCUT2D eigenvalue weighted by Gasteiger charge is 2.14. The van der Waals surface area contributed by atoms with Crippen LogP contribution >= 0.6 is 11.8 Å². The van der Waals surface area contributed by atoms with Crippen LogP contribution in [0.2, 0.25) is 0 Å². The molecule has 0 spiro atoms. The summed E-state index contributed by atoms with van der Waals surface area (Å²) in [6.07, 6.45) is 14.9. The minimum Gasteiger partial charge on any atom is -0.493 e. The maximum Gasteiger partial charge on any atom is 0.255 e. The first-order valence-electron chi connectivity index (χ1n) is 14.2. The number of carbonyl (C=O) groups excluding carboxylic acids is 2. The first kappa shape index (κ1) is 29.8. The summed E-state index contributed by atoms with van der Waals surface area (Å²) in [6.45, 7) is 7.26. The third kappa shape index (κ3) is 10.2. The van der Waals surface area contributed by atoms with Crippen molar-refractivity contribution in [2.75, 3.05) is 17.8 Å². The van der Waals surface area contributed by atoms with Crippen molar-refractivity contribution in [2.24, 2.45) is 0 Å². The van der Waals surface area contributed by atoms with Gasteiger partial charge in [-0.3, -0.25) is 9.59 Å². The number of carbonyl (C=O) groups is 2. The smallest absolute Gasteiger partial charge is 0.255 e. The number of ether oxygens (including phenoxy) is 1. The molecule has 0 saturated heterocycles. The van der Waals surface area contributed by atoms with E-state index in [1.54, 1.807) is 18.2 Å². The zero-order chi connectivity index (χ0) is 27.2. The van der Waals surface area contributed by atoms with Crippen LogP contribution in [0.15, 0.2) is 53.6 Å². The fourth-order valence-corrected chi connectivity index (χ4v) is 5.40. The van der Waals surface area contributed by atoms with Crippen molar-refractivity contribution in [3.8, 4) is 5.75 Å². The summed E-state index contributed by atoms with van der Waals surface area (Å²) in [5.41, 5.74) is 2.77. The van der Waals surface area contributed by atoms with Crippen molar-refractivity contribution in [1.82, 2.24) is 4.90 Å². The van der Waals surface area contributed by atoms with Crippen LogP contribution in [0.25, 0.3) is 0 Å². The number of unbranched alkanes of at least 4 members (excludes halogenated alkanes) is 9. The number of hydrogen-bond acceptors (Lipinski definition) is 5. The van der Waals surface area contributed by atoms with Crippen LogP contribution in [-0.2, 0) is 6.54 Å². The monoisotopic (exact) mass is 536 g/mol. The molecule has 0 atom stereocenters. The number of allylic oxidation sites excluding steroid dienone is 1. The molecule has 3 rings (SSSR count). The van der Waals surface area contributed by atoms with Crippen molar-refractivity contribution >= 4 is 29.1 Å². The number of Topliss-reactive ketones (excluding diaryl/α,β-unsaturated/α-hetero) is 1. The first-order chi connectivity index (χ1) is 18.5. The van der Waals surface area contributed by atoms with Gasteiger partial charge in [-0.05, 0) is 61.1 Å². The molecule has 0 bridgehead atoms. The number of rotatable bonds is 17. The molecule has 0 aromatic heterocycles. The molecule has 0 aliphatic carbocycles. The van der Waals surface area contributed by atoms with Gasteiger partial charge in [-0.2, -0.15) is 0 Å². The molecule has 1 amide bonds. The summed E-state index contributed by atoms with van der Waals surface area (Å²) >= 11 is 1.82. The molecule has 2 aromatic rings. The second kappa shape index (κ2) is 16.3. The number of ketones is 1. The predicted octanol–water partition coefficient (Wildman–Crippen LogP) is 8.81. The Balaban J connectivity index is 1.45. The average Bonchev–Trinajstić information content (AvgIpc) is 3.32. The van der Waals surface area contributed by atoms with Crippen LogP contribution in [0.1, 0.15) is 111 Å². The summed E-state index contributed by atoms with van der Waals surface area (Å²) in [5.74, 6) is 1.25. The minimum absolute atomic E-state index is 0.0759. The van der Waals surface area contributed by atoms with Gasteiger partial charge in [0.15, 0.2) is 5.78 Å². The van der Waals surface area contributed by atoms with E-state index in [0.29, 0.717) is 29.2 Å². The third-order valence-electron chi connectivity index (χ3n) is 6.77. The van der Waals surface area contributed by atoms with E-state index in [2.05, 4.69) is 30.3 Å². The lowest BCUT2D eigenvalue weighted by molar-refractivity contribution is 0.100. The van der Waals surface area contributed by atoms with Crippen LogP contribution in [0.4, 0.5) is 5.69 Å². The van der Waals surface area contributed by atoms with Crippen LogP contribution < -0.4 is 10.1 Å². The highest BCUT2D eigenvalue weighted by Crippen LogP contribution is 2.27. The van der Waals surface area contributed by atoms with E-state index in [4.69, 9.17) is 4.74 Å². The van der Waals surface area contributed by atoms with E-state index < -0.39 is 0 Å². The van der Waals surface area contributed by atoms with Gasteiger partial charge >= 0.3 is 0 Å². The topological polar surface area (TPSA) is 58.6 Å². The molecule has 2 aromatic carbocycles. The average molecular weight is 537 g/mol. The molecule has 0 fully saturated rings. The Hall–Kier alpha value is -2.73. The van der Waals surface area contributed by atoms with Gasteiger partial charge in [0.05, 0.1) is 18.0 Å². The largest absolute Gasteiger partial charge is 0.493 e. The summed E-state index contributed by atoms with van der Waals surface area (Å²) in [5, 5.41) is 2.94. The van der Waals surface area contributed by atoms with Crippen molar-refractivity contribution in [1.29, 1.82) is 0 Å². The molecule has 1 N–H and O–H groups in total. The van der Waals surface area contributed by atoms with Gasteiger partial charge < -0.3 is 15.0 Å². The maximum atomic E-state index is 12.9. The molecule has 1 aliphatic heterocycles. The van der Waals surface area contributed by atoms with Crippen LogP contribution in [0.5, 0.6) is 5.75 Å². The lowest BCUT2D eigenvalue weighted by atomic mass is 10.1. The van der Waals surface area contributed by atoms with E-state index in [1.165, 1.54) is 63.2 Å². The van der Waals surface area contributed by atoms with E-state index in [1.807, 2.05) is 36.0 Å². The van der Waals surface area contributed by atoms with Crippen molar-refractivity contribution in [2.45, 2.75) is 91.5 Å². The molecule has 5 nitrogen and oxygen atoms in total. The quantitative estimate of drug-likeness (QED) is 0.162. The van der Waals surface area contributed by atoms with E-state index in [0.717, 1.165) is 30.8 Å². The number of amides is 1. The third-order valence-corrected chi connectivity index (χ3v) is 7.79. The van der Waals surface area contributed by atoms with Gasteiger partial charge in [-0.25, -0.2) is 0 Å². The zero-order valence-corrected chi connectivity index (χ0v) is 24.2. The second-order valence-corrected chi connectivity index (χ2v) is 11.4. The maximum absolute atomic E-state index is 12.9. The van der Waals surface area contributed by atoms with Crippen molar-refractivity contribution < 1.29 is 14.3 Å². The predicted molar refractivity (Wildman–Crippen MR) is 160 cm³/mol. The molecule has 0 radical (unpaired) electrons. The Kier molecular flexibility index (Phi) is 12.8. The number of thioether (sulfide) groups is 1. The zero-order valence-electron chi connectivity index (χ0n) is 23.4. The number of nitrogens with zero attached hydrogens (tertiary/aromatic N) is 1. The van der Waals surface area contributed by atoms with E-state index >= 15 is 0 Å². The number of nitrogens with one attached hydrogen (secondary N) is 1. The van der Waals surface area contributed by atoms with Gasteiger partial charge in [-0.15, -0.1) is 11.8 Å². The molecule has 206 valence electrons. The van der Waals surface area contributed by atoms with Crippen LogP contribution in [0, 0.1) is 0 Å². The fourth-order valence-electron chi connectivity index (χ4n) is 4.64. The van der Waals surface area contributed by atoms with Gasteiger partial charge in [0.1, 0.15) is 5.75 Å². The lowest BCUT2D eigenvalue weighted by Crippen LogP contribution is -2.15. The SMILES string of the molecule is CCCCCCCCCCCCOc1ccc(NC(=O)c2cccc(CN3C=C(C)SC3)c2)cc1C(C)=O. The fraction of sp³-hybridized carbons (Fsp3) is 0.500.